The van der Waals surface area contributed by atoms with E-state index in [0.29, 0.717) is 16.6 Å². The Balaban J connectivity index is 2.16. The number of hydrogen-bond donors (Lipinski definition) is 2. The molecule has 1 aliphatic carbocycles. The zero-order valence-electron chi connectivity index (χ0n) is 9.53. The number of carbonyl (C=O) groups is 1. The van der Waals surface area contributed by atoms with E-state index in [1.165, 1.54) is 12.8 Å². The highest BCUT2D eigenvalue weighted by Gasteiger charge is 2.27. The largest absolute Gasteiger partial charge is 0.481 e. The molecular formula is C13H16ClNO2. The fraction of sp³-hybridized carbons (Fsp3) is 0.462. The molecule has 0 bridgehead atoms. The Morgan fingerprint density at radius 1 is 1.53 bits per heavy atom. The Labute approximate surface area is 106 Å². The van der Waals surface area contributed by atoms with E-state index >= 15 is 0 Å². The third-order valence-electron chi connectivity index (χ3n) is 3.23. The van der Waals surface area contributed by atoms with Crippen molar-refractivity contribution < 1.29 is 9.90 Å². The Bertz CT molecular complexity index is 429. The van der Waals surface area contributed by atoms with Crippen LogP contribution in [0.15, 0.2) is 18.2 Å². The lowest BCUT2D eigenvalue weighted by molar-refractivity contribution is -0.137. The maximum atomic E-state index is 10.9. The molecule has 1 saturated carbocycles. The highest BCUT2D eigenvalue weighted by atomic mass is 35.5. The number of anilines is 1. The SMILES string of the molecule is Nc1cc(C(CC(=O)O)CC2CC2)ccc1Cl. The standard InChI is InChI=1S/C13H16ClNO2/c14-11-4-3-9(6-12(11)15)10(7-13(16)17)5-8-1-2-8/h3-4,6,8,10H,1-2,5,7,15H2,(H,16,17). The lowest BCUT2D eigenvalue weighted by atomic mass is 9.90. The second-order valence-electron chi connectivity index (χ2n) is 4.75. The van der Waals surface area contributed by atoms with Gasteiger partial charge in [0.1, 0.15) is 0 Å². The van der Waals surface area contributed by atoms with Gasteiger partial charge >= 0.3 is 5.97 Å². The monoisotopic (exact) mass is 253 g/mol. The summed E-state index contributed by atoms with van der Waals surface area (Å²) >= 11 is 5.87. The number of rotatable bonds is 5. The van der Waals surface area contributed by atoms with Crippen LogP contribution in [0.5, 0.6) is 0 Å². The van der Waals surface area contributed by atoms with E-state index in [0.717, 1.165) is 12.0 Å². The van der Waals surface area contributed by atoms with Crippen LogP contribution in [-0.4, -0.2) is 11.1 Å². The van der Waals surface area contributed by atoms with Gasteiger partial charge in [0.2, 0.25) is 0 Å². The van der Waals surface area contributed by atoms with Crippen LogP contribution in [0.3, 0.4) is 0 Å². The molecule has 1 aliphatic rings. The first-order valence-electron chi connectivity index (χ1n) is 5.83. The van der Waals surface area contributed by atoms with Crippen molar-refractivity contribution in [2.24, 2.45) is 5.92 Å². The lowest BCUT2D eigenvalue weighted by Crippen LogP contribution is -2.08. The van der Waals surface area contributed by atoms with E-state index in [2.05, 4.69) is 0 Å². The molecule has 1 atom stereocenters. The van der Waals surface area contributed by atoms with E-state index in [-0.39, 0.29) is 12.3 Å². The molecule has 0 amide bonds. The van der Waals surface area contributed by atoms with Crippen LogP contribution in [0.1, 0.15) is 37.2 Å². The second-order valence-corrected chi connectivity index (χ2v) is 5.16. The topological polar surface area (TPSA) is 63.3 Å². The minimum atomic E-state index is -0.760. The second kappa shape index (κ2) is 4.96. The van der Waals surface area contributed by atoms with Crippen LogP contribution in [-0.2, 0) is 4.79 Å². The summed E-state index contributed by atoms with van der Waals surface area (Å²) in [5, 5.41) is 9.47. The molecule has 1 fully saturated rings. The Morgan fingerprint density at radius 3 is 2.76 bits per heavy atom. The van der Waals surface area contributed by atoms with Gasteiger partial charge < -0.3 is 10.8 Å². The zero-order valence-corrected chi connectivity index (χ0v) is 10.3. The maximum absolute atomic E-state index is 10.9. The third kappa shape index (κ3) is 3.37. The Kier molecular flexibility index (Phi) is 3.57. The summed E-state index contributed by atoms with van der Waals surface area (Å²) < 4.78 is 0. The van der Waals surface area contributed by atoms with Gasteiger partial charge in [-0.25, -0.2) is 0 Å². The summed E-state index contributed by atoms with van der Waals surface area (Å²) in [5.41, 5.74) is 7.27. The molecule has 4 heteroatoms. The molecule has 1 unspecified atom stereocenters. The van der Waals surface area contributed by atoms with Crippen molar-refractivity contribution in [2.45, 2.75) is 31.6 Å². The van der Waals surface area contributed by atoms with Crippen molar-refractivity contribution >= 4 is 23.3 Å². The normalized spacial score (nSPS) is 16.8. The quantitative estimate of drug-likeness (QED) is 0.792. The number of carboxylic acid groups (broad SMARTS) is 1. The van der Waals surface area contributed by atoms with Crippen molar-refractivity contribution in [3.05, 3.63) is 28.8 Å². The number of benzene rings is 1. The number of aliphatic carboxylic acids is 1. The van der Waals surface area contributed by atoms with Crippen LogP contribution < -0.4 is 5.73 Å². The van der Waals surface area contributed by atoms with Crippen LogP contribution in [0.25, 0.3) is 0 Å². The summed E-state index contributed by atoms with van der Waals surface area (Å²) in [6.07, 6.45) is 3.54. The molecule has 17 heavy (non-hydrogen) atoms. The third-order valence-corrected chi connectivity index (χ3v) is 3.57. The van der Waals surface area contributed by atoms with E-state index in [1.54, 1.807) is 12.1 Å². The van der Waals surface area contributed by atoms with Gasteiger partial charge in [-0.1, -0.05) is 30.5 Å². The van der Waals surface area contributed by atoms with Crippen molar-refractivity contribution in [1.82, 2.24) is 0 Å². The van der Waals surface area contributed by atoms with Gasteiger partial charge in [0.05, 0.1) is 17.1 Å². The highest BCUT2D eigenvalue weighted by molar-refractivity contribution is 6.33. The van der Waals surface area contributed by atoms with Crippen molar-refractivity contribution in [2.75, 3.05) is 5.73 Å². The predicted molar refractivity (Wildman–Crippen MR) is 68.2 cm³/mol. The Hall–Kier alpha value is -1.22. The van der Waals surface area contributed by atoms with E-state index in [4.69, 9.17) is 22.4 Å². The molecule has 1 aromatic carbocycles. The van der Waals surface area contributed by atoms with Crippen LogP contribution in [0.4, 0.5) is 5.69 Å². The molecule has 92 valence electrons. The summed E-state index contributed by atoms with van der Waals surface area (Å²) in [4.78, 5) is 10.9. The van der Waals surface area contributed by atoms with E-state index < -0.39 is 5.97 Å². The summed E-state index contributed by atoms with van der Waals surface area (Å²) in [5.74, 6) is -0.0139. The highest BCUT2D eigenvalue weighted by Crippen LogP contribution is 2.40. The molecule has 3 nitrogen and oxygen atoms in total. The van der Waals surface area contributed by atoms with Crippen molar-refractivity contribution in [3.63, 3.8) is 0 Å². The van der Waals surface area contributed by atoms with Crippen molar-refractivity contribution in [3.8, 4) is 0 Å². The molecule has 1 aromatic rings. The first-order chi connectivity index (χ1) is 8.06. The molecule has 2 rings (SSSR count). The van der Waals surface area contributed by atoms with Crippen LogP contribution in [0, 0.1) is 5.92 Å². The lowest BCUT2D eigenvalue weighted by Gasteiger charge is -2.15. The van der Waals surface area contributed by atoms with Gasteiger partial charge in [-0.15, -0.1) is 0 Å². The molecule has 3 N–H and O–H groups in total. The number of nitrogen functional groups attached to an aromatic ring is 1. The fourth-order valence-corrected chi connectivity index (χ4v) is 2.24. The Morgan fingerprint density at radius 2 is 2.24 bits per heavy atom. The van der Waals surface area contributed by atoms with Crippen LogP contribution in [0.2, 0.25) is 5.02 Å². The molecule has 0 saturated heterocycles. The number of nitrogens with two attached hydrogens (primary N) is 1. The number of carboxylic acids is 1. The molecule has 0 heterocycles. The van der Waals surface area contributed by atoms with Gasteiger partial charge in [-0.3, -0.25) is 4.79 Å². The average Bonchev–Trinajstić information content (AvgIpc) is 3.04. The maximum Gasteiger partial charge on any atom is 0.303 e. The summed E-state index contributed by atoms with van der Waals surface area (Å²) in [6, 6.07) is 5.43. The molecular weight excluding hydrogens is 238 g/mol. The average molecular weight is 254 g/mol. The minimum Gasteiger partial charge on any atom is -0.481 e. The van der Waals surface area contributed by atoms with Gasteiger partial charge in [0.15, 0.2) is 0 Å². The number of halogens is 1. The minimum absolute atomic E-state index is 0.0552. The molecule has 0 aliphatic heterocycles. The van der Waals surface area contributed by atoms with Gasteiger partial charge in [0.25, 0.3) is 0 Å². The van der Waals surface area contributed by atoms with E-state index in [9.17, 15) is 4.79 Å². The summed E-state index contributed by atoms with van der Waals surface area (Å²) in [6.45, 7) is 0. The first-order valence-corrected chi connectivity index (χ1v) is 6.20. The molecule has 0 aromatic heterocycles. The molecule has 0 spiro atoms. The fourth-order valence-electron chi connectivity index (χ4n) is 2.12. The smallest absolute Gasteiger partial charge is 0.303 e. The van der Waals surface area contributed by atoms with E-state index in [1.807, 2.05) is 6.07 Å². The zero-order chi connectivity index (χ0) is 12.4. The van der Waals surface area contributed by atoms with Crippen molar-refractivity contribution in [1.29, 1.82) is 0 Å². The predicted octanol–water partition coefficient (Wildman–Crippen LogP) is 3.28. The van der Waals surface area contributed by atoms with Gasteiger partial charge in [-0.05, 0) is 36.0 Å². The van der Waals surface area contributed by atoms with Crippen LogP contribution >= 0.6 is 11.6 Å². The number of hydrogen-bond acceptors (Lipinski definition) is 2. The summed E-state index contributed by atoms with van der Waals surface area (Å²) in [7, 11) is 0. The molecule has 0 radical (unpaired) electrons. The van der Waals surface area contributed by atoms with Gasteiger partial charge in [-0.2, -0.15) is 0 Å². The van der Waals surface area contributed by atoms with Gasteiger partial charge in [0, 0.05) is 0 Å². The first kappa shape index (κ1) is 12.2.